The van der Waals surface area contributed by atoms with Crippen LogP contribution in [-0.2, 0) is 0 Å². The Morgan fingerprint density at radius 1 is 1.21 bits per heavy atom. The summed E-state index contributed by atoms with van der Waals surface area (Å²) in [6, 6.07) is 3.05. The van der Waals surface area contributed by atoms with Gasteiger partial charge in [0.25, 0.3) is 0 Å². The highest BCUT2D eigenvalue weighted by atomic mass is 15.2. The first-order valence-corrected chi connectivity index (χ1v) is 7.64. The molecule has 1 unspecified atom stereocenters. The quantitative estimate of drug-likeness (QED) is 0.830. The van der Waals surface area contributed by atoms with E-state index in [-0.39, 0.29) is 11.0 Å². The van der Waals surface area contributed by atoms with Crippen molar-refractivity contribution in [1.82, 2.24) is 10.2 Å². The van der Waals surface area contributed by atoms with E-state index in [1.54, 1.807) is 0 Å². The summed E-state index contributed by atoms with van der Waals surface area (Å²) in [6.07, 6.45) is 4.90. The molecule has 1 heterocycles. The van der Waals surface area contributed by atoms with Crippen LogP contribution in [0.15, 0.2) is 0 Å². The van der Waals surface area contributed by atoms with Crippen molar-refractivity contribution < 1.29 is 0 Å². The van der Waals surface area contributed by atoms with E-state index >= 15 is 0 Å². The van der Waals surface area contributed by atoms with Crippen molar-refractivity contribution in [3.8, 4) is 6.07 Å². The summed E-state index contributed by atoms with van der Waals surface area (Å²) in [4.78, 5) is 2.58. The lowest BCUT2D eigenvalue weighted by Gasteiger charge is -2.38. The summed E-state index contributed by atoms with van der Waals surface area (Å²) < 4.78 is 0. The van der Waals surface area contributed by atoms with Crippen LogP contribution in [0, 0.1) is 16.7 Å². The van der Waals surface area contributed by atoms with Crippen molar-refractivity contribution in [3.63, 3.8) is 0 Å². The van der Waals surface area contributed by atoms with Gasteiger partial charge < -0.3 is 5.32 Å². The maximum absolute atomic E-state index is 9.12. The number of nitriles is 1. The molecule has 3 heteroatoms. The van der Waals surface area contributed by atoms with Crippen LogP contribution in [-0.4, -0.2) is 36.1 Å². The molecule has 19 heavy (non-hydrogen) atoms. The van der Waals surface area contributed by atoms with E-state index in [9.17, 15) is 0 Å². The van der Waals surface area contributed by atoms with Crippen molar-refractivity contribution in [2.24, 2.45) is 5.41 Å². The van der Waals surface area contributed by atoms with Gasteiger partial charge >= 0.3 is 0 Å². The van der Waals surface area contributed by atoms with Gasteiger partial charge in [0.15, 0.2) is 0 Å². The lowest BCUT2D eigenvalue weighted by molar-refractivity contribution is 0.127. The average molecular weight is 265 g/mol. The molecule has 0 aromatic carbocycles. The molecule has 110 valence electrons. The van der Waals surface area contributed by atoms with Crippen molar-refractivity contribution in [2.45, 2.75) is 71.9 Å². The summed E-state index contributed by atoms with van der Waals surface area (Å²) in [5, 5.41) is 12.7. The Labute approximate surface area is 119 Å². The predicted molar refractivity (Wildman–Crippen MR) is 81.0 cm³/mol. The third-order valence-electron chi connectivity index (χ3n) is 3.94. The second-order valence-electron chi connectivity index (χ2n) is 7.56. The van der Waals surface area contributed by atoms with Crippen LogP contribution >= 0.6 is 0 Å². The fourth-order valence-corrected chi connectivity index (χ4v) is 2.49. The fraction of sp³-hybridized carbons (Fsp3) is 0.938. The maximum atomic E-state index is 9.12. The molecule has 0 saturated carbocycles. The Hall–Kier alpha value is -0.590. The molecule has 0 aliphatic carbocycles. The molecule has 1 atom stereocenters. The Balaban J connectivity index is 2.47. The molecule has 0 spiro atoms. The third-order valence-corrected chi connectivity index (χ3v) is 3.94. The minimum Gasteiger partial charge on any atom is -0.311 e. The molecule has 1 fully saturated rings. The monoisotopic (exact) mass is 265 g/mol. The van der Waals surface area contributed by atoms with Crippen LogP contribution in [0.25, 0.3) is 0 Å². The van der Waals surface area contributed by atoms with Gasteiger partial charge in [-0.25, -0.2) is 0 Å². The number of rotatable bonds is 5. The van der Waals surface area contributed by atoms with Gasteiger partial charge in [-0.15, -0.1) is 0 Å². The molecule has 0 aromatic heterocycles. The van der Waals surface area contributed by atoms with Crippen LogP contribution < -0.4 is 5.32 Å². The van der Waals surface area contributed by atoms with Gasteiger partial charge in [0.1, 0.15) is 0 Å². The zero-order chi connectivity index (χ0) is 14.5. The van der Waals surface area contributed by atoms with E-state index in [1.165, 1.54) is 25.8 Å². The smallest absolute Gasteiger partial charge is 0.0684 e. The summed E-state index contributed by atoms with van der Waals surface area (Å²) in [5.74, 6) is 0. The topological polar surface area (TPSA) is 39.1 Å². The molecule has 0 amide bonds. The predicted octanol–water partition coefficient (Wildman–Crippen LogP) is 3.17. The number of hydrogen-bond donors (Lipinski definition) is 1. The zero-order valence-corrected chi connectivity index (χ0v) is 13.4. The maximum Gasteiger partial charge on any atom is 0.0684 e. The highest BCUT2D eigenvalue weighted by Gasteiger charge is 2.26. The average Bonchev–Trinajstić information content (AvgIpc) is 2.34. The van der Waals surface area contributed by atoms with Crippen molar-refractivity contribution >= 4 is 0 Å². The molecule has 3 nitrogen and oxygen atoms in total. The first-order chi connectivity index (χ1) is 8.73. The van der Waals surface area contributed by atoms with Crippen molar-refractivity contribution in [3.05, 3.63) is 0 Å². The molecular weight excluding hydrogens is 234 g/mol. The number of hydrogen-bond acceptors (Lipinski definition) is 3. The van der Waals surface area contributed by atoms with Gasteiger partial charge in [-0.3, -0.25) is 4.90 Å². The molecule has 0 bridgehead atoms. The minimum atomic E-state index is -0.195. The molecule has 1 N–H and O–H groups in total. The summed E-state index contributed by atoms with van der Waals surface area (Å²) >= 11 is 0. The molecule has 1 aliphatic heterocycles. The first kappa shape index (κ1) is 16.5. The van der Waals surface area contributed by atoms with E-state index in [0.29, 0.717) is 6.04 Å². The van der Waals surface area contributed by atoms with Crippen molar-refractivity contribution in [2.75, 3.05) is 19.6 Å². The van der Waals surface area contributed by atoms with E-state index < -0.39 is 0 Å². The fourth-order valence-electron chi connectivity index (χ4n) is 2.49. The van der Waals surface area contributed by atoms with Crippen LogP contribution in [0.2, 0.25) is 0 Å². The van der Waals surface area contributed by atoms with Gasteiger partial charge in [-0.1, -0.05) is 6.42 Å². The van der Waals surface area contributed by atoms with Crippen LogP contribution in [0.3, 0.4) is 0 Å². The normalized spacial score (nSPS) is 22.2. The summed E-state index contributed by atoms with van der Waals surface area (Å²) in [6.45, 7) is 14.1. The molecule has 1 aliphatic rings. The van der Waals surface area contributed by atoms with Gasteiger partial charge in [0.05, 0.1) is 11.5 Å². The second kappa shape index (κ2) is 6.72. The van der Waals surface area contributed by atoms with E-state index in [2.05, 4.69) is 37.1 Å². The van der Waals surface area contributed by atoms with Crippen LogP contribution in [0.5, 0.6) is 0 Å². The zero-order valence-electron chi connectivity index (χ0n) is 13.4. The van der Waals surface area contributed by atoms with E-state index in [0.717, 1.165) is 19.5 Å². The highest BCUT2D eigenvalue weighted by molar-refractivity contribution is 4.93. The summed E-state index contributed by atoms with van der Waals surface area (Å²) in [7, 11) is 0. The third kappa shape index (κ3) is 6.40. The SMILES string of the molecule is CC(C)(C#N)CCN1CCCCC1CNC(C)(C)C. The second-order valence-corrected chi connectivity index (χ2v) is 7.56. The highest BCUT2D eigenvalue weighted by Crippen LogP contribution is 2.23. The Bertz CT molecular complexity index is 309. The molecule has 0 radical (unpaired) electrons. The molecular formula is C16H31N3. The van der Waals surface area contributed by atoms with E-state index in [1.807, 2.05) is 13.8 Å². The Kier molecular flexibility index (Phi) is 5.82. The number of nitrogens with zero attached hydrogens (tertiary/aromatic N) is 2. The Morgan fingerprint density at radius 3 is 2.47 bits per heavy atom. The number of piperidine rings is 1. The van der Waals surface area contributed by atoms with Gasteiger partial charge in [-0.2, -0.15) is 5.26 Å². The van der Waals surface area contributed by atoms with Crippen LogP contribution in [0.4, 0.5) is 0 Å². The molecule has 1 rings (SSSR count). The largest absolute Gasteiger partial charge is 0.311 e. The van der Waals surface area contributed by atoms with E-state index in [4.69, 9.17) is 5.26 Å². The molecule has 1 saturated heterocycles. The first-order valence-electron chi connectivity index (χ1n) is 7.64. The van der Waals surface area contributed by atoms with Gasteiger partial charge in [0.2, 0.25) is 0 Å². The van der Waals surface area contributed by atoms with Gasteiger partial charge in [-0.05, 0) is 67.0 Å². The number of nitrogens with one attached hydrogen (secondary N) is 1. The lowest BCUT2D eigenvalue weighted by atomic mass is 9.90. The standard InChI is InChI=1S/C16H31N3/c1-15(2,3)18-12-14-8-6-7-10-19(14)11-9-16(4,5)13-17/h14,18H,6-12H2,1-5H3. The van der Waals surface area contributed by atoms with Crippen molar-refractivity contribution in [1.29, 1.82) is 5.26 Å². The summed E-state index contributed by atoms with van der Waals surface area (Å²) in [5.41, 5.74) is -0.00546. The Morgan fingerprint density at radius 2 is 1.89 bits per heavy atom. The molecule has 0 aromatic rings. The van der Waals surface area contributed by atoms with Crippen LogP contribution in [0.1, 0.15) is 60.3 Å². The minimum absolute atomic E-state index is 0.190. The number of likely N-dealkylation sites (tertiary alicyclic amines) is 1. The lowest BCUT2D eigenvalue weighted by Crippen LogP contribution is -2.50. The van der Waals surface area contributed by atoms with Gasteiger partial charge in [0, 0.05) is 18.1 Å².